The molecule has 3 aliphatic heterocycles. The predicted molar refractivity (Wildman–Crippen MR) is 413 cm³/mol. The Morgan fingerprint density at radius 3 is 1.41 bits per heavy atom. The summed E-state index contributed by atoms with van der Waals surface area (Å²) in [5, 5.41) is 63.1. The van der Waals surface area contributed by atoms with Crippen molar-refractivity contribution in [2.24, 2.45) is 57.2 Å². The topological polar surface area (TPSA) is 355 Å². The zero-order chi connectivity index (χ0) is 83.9. The van der Waals surface area contributed by atoms with Crippen LogP contribution in [0.1, 0.15) is 180 Å². The number of amides is 3. The van der Waals surface area contributed by atoms with Gasteiger partial charge in [0.2, 0.25) is 0 Å². The molecule has 4 saturated carbocycles. The molecule has 6 N–H and O–H groups in total. The number of esters is 1. The smallest absolute Gasteiger partial charge is 0.456 e. The molecule has 0 aromatic heterocycles. The molecule has 4 aromatic rings. The van der Waals surface area contributed by atoms with Gasteiger partial charge in [-0.25, -0.2) is 14.4 Å². The number of rotatable bonds is 16. The van der Waals surface area contributed by atoms with Gasteiger partial charge in [-0.15, -0.1) is 0 Å². The number of fused-ring (bicyclic) bond motifs is 10. The fourth-order valence-corrected chi connectivity index (χ4v) is 20.8. The third kappa shape index (κ3) is 16.0. The average molecular weight is 2040 g/mol. The zero-order valence-electron chi connectivity index (χ0n) is 70.1. The van der Waals surface area contributed by atoms with Crippen molar-refractivity contribution in [1.82, 2.24) is 10.2 Å². The minimum Gasteiger partial charge on any atom is -0.456 e. The molecule has 7 fully saturated rings. The molecule has 22 atom stereocenters. The zero-order valence-corrected chi connectivity index (χ0v) is 79.6. The average Bonchev–Trinajstić information content (AvgIpc) is 0.675. The summed E-state index contributed by atoms with van der Waals surface area (Å²) in [4.78, 5) is 109. The Bertz CT molecular complexity index is 4370. The van der Waals surface area contributed by atoms with Crippen molar-refractivity contribution in [3.8, 4) is 0 Å². The molecule has 6 aliphatic carbocycles. The van der Waals surface area contributed by atoms with Gasteiger partial charge in [-0.05, 0) is 136 Å². The monoisotopic (exact) mass is 2040 g/mol. The van der Waals surface area contributed by atoms with Crippen molar-refractivity contribution in [2.75, 3.05) is 41.7 Å². The minimum absolute atomic E-state index is 0. The molecule has 116 heavy (non-hydrogen) atoms. The van der Waals surface area contributed by atoms with Crippen LogP contribution < -0.4 is 5.32 Å². The van der Waals surface area contributed by atoms with E-state index in [2.05, 4.69) is 5.32 Å². The van der Waals surface area contributed by atoms with Gasteiger partial charge in [0.1, 0.15) is 36.6 Å². The van der Waals surface area contributed by atoms with E-state index in [1.807, 2.05) is 84.9 Å². The van der Waals surface area contributed by atoms with Crippen LogP contribution in [0.25, 0.3) is 0 Å². The maximum Gasteiger partial charge on any atom is 0.508 e. The molecule has 3 amide bonds. The van der Waals surface area contributed by atoms with Gasteiger partial charge in [-0.1, -0.05) is 166 Å². The van der Waals surface area contributed by atoms with Gasteiger partial charge in [-0.3, -0.25) is 28.9 Å². The van der Waals surface area contributed by atoms with E-state index in [1.165, 1.54) is 33.3 Å². The molecule has 4 bridgehead atoms. The van der Waals surface area contributed by atoms with E-state index >= 15 is 0 Å². The van der Waals surface area contributed by atoms with E-state index in [4.69, 9.17) is 52.1 Å². The van der Waals surface area contributed by atoms with Crippen molar-refractivity contribution in [3.05, 3.63) is 166 Å². The van der Waals surface area contributed by atoms with Crippen LogP contribution in [0, 0.1) is 145 Å². The van der Waals surface area contributed by atoms with Gasteiger partial charge in [0.25, 0.3) is 17.7 Å². The summed E-state index contributed by atoms with van der Waals surface area (Å²) in [5.41, 5.74) is -6.57. The first-order valence-corrected chi connectivity index (χ1v) is 39.2. The van der Waals surface area contributed by atoms with Crippen LogP contribution >= 0.6 is 0 Å². The molecule has 9 aliphatic rings. The predicted octanol–water partition coefficient (Wildman–Crippen LogP) is 10.6. The normalized spacial score (nSPS) is 34.9. The molecule has 3 saturated heterocycles. The number of β-lactam (4-membered cyclic amide) rings is 1. The van der Waals surface area contributed by atoms with E-state index in [1.54, 1.807) is 147 Å². The summed E-state index contributed by atoms with van der Waals surface area (Å²) in [6, 6.07) is 34.1. The van der Waals surface area contributed by atoms with E-state index in [9.17, 15) is 63.9 Å². The fourth-order valence-electron chi connectivity index (χ4n) is 20.8. The number of imide groups is 1. The first-order chi connectivity index (χ1) is 53.3. The Hall–Kier alpha value is -5.24. The van der Waals surface area contributed by atoms with Gasteiger partial charge < -0.3 is 83.0 Å². The summed E-state index contributed by atoms with van der Waals surface area (Å²) in [7, 11) is 5.37. The molecule has 3 heterocycles. The van der Waals surface area contributed by atoms with Crippen molar-refractivity contribution < 1.29 is 204 Å². The Labute approximate surface area is 750 Å². The number of carbonyl (C=O) groups excluding carboxylic acids is 8. The number of likely N-dealkylation sites (tertiary alicyclic amines) is 1. The maximum absolute atomic E-state index is 15.0. The molecule has 28 heteroatoms. The number of aliphatic hydroxyl groups excluding tert-OH is 3. The van der Waals surface area contributed by atoms with E-state index in [-0.39, 0.29) is 149 Å². The summed E-state index contributed by atoms with van der Waals surface area (Å²) >= 11 is 0. The molecule has 4 aromatic carbocycles. The first kappa shape index (κ1) is 94.6. The molecule has 2 radical (unpaired) electrons. The van der Waals surface area contributed by atoms with Crippen LogP contribution in [-0.2, 0) is 71.3 Å². The van der Waals surface area contributed by atoms with Crippen LogP contribution in [-0.4, -0.2) is 202 Å². The molecule has 22 unspecified atom stereocenters. The number of ether oxygens (including phenoxy) is 11. The number of carbonyl (C=O) groups is 8. The van der Waals surface area contributed by atoms with Crippen LogP contribution in [0.2, 0.25) is 0 Å². The van der Waals surface area contributed by atoms with Crippen molar-refractivity contribution in [2.45, 2.75) is 231 Å². The maximum atomic E-state index is 15.0. The molecular formula is C88H114Ac2N2O24. The Morgan fingerprint density at radius 1 is 0.569 bits per heavy atom. The Balaban J connectivity index is 0.000000219. The van der Waals surface area contributed by atoms with Gasteiger partial charge in [0.15, 0.2) is 46.6 Å². The Kier molecular flexibility index (Phi) is 28.8. The number of methoxy groups -OCH3 is 4. The standard InChI is InChI=1S/C44H57NO12.C24H36O8.C20H21NO4.2Ac/c1-24-21-30-43(23-54-30,57-39(50)52-9)35-26(3)44(51)22-29(25(2)31(40(44,4)5)33(46)36(47)42(24,35)8)55-38(49)34(56-41(6,7)53-10)32(27-17-13-11-14-18-27)45-37(48)28-19-15-12-16-20-28;1-11-8-15-23(10-31-15,32-20(28)30-7)18-13(3)24(29)9-14(25)12(2)16(21(24,4)5)17(26)19(27)22(11,18)6;1-20(2,24-3)25-17-16(14-10-6-4-7-11-14)21(19(17)23)18(22)15-12-8-5-9-13-15;;/h11-20,24,26,29-30,32-35,46,51H,21-23H2,1-10H3,(H,45,48);11,13-15,17-18,25-26,29H,8-10H2,1-7H3;4-13,16-17H,1-3H3;;. The number of Topliss-reactive ketones (excluding diaryl/α,β-unsaturated/α-hetero) is 2. The summed E-state index contributed by atoms with van der Waals surface area (Å²) in [5.74, 6) is -8.55. The van der Waals surface area contributed by atoms with Gasteiger partial charge in [-0.2, -0.15) is 0 Å². The van der Waals surface area contributed by atoms with E-state index in [0.717, 1.165) is 5.56 Å². The second-order valence-electron chi connectivity index (χ2n) is 34.9. The number of benzene rings is 4. The largest absolute Gasteiger partial charge is 0.508 e. The molecule has 13 rings (SSSR count). The summed E-state index contributed by atoms with van der Waals surface area (Å²) in [6.45, 7) is 28.5. The molecule has 26 nitrogen and oxygen atoms in total. The van der Waals surface area contributed by atoms with Crippen molar-refractivity contribution >= 4 is 47.6 Å². The second kappa shape index (κ2) is 35.3. The number of aliphatic hydroxyl groups is 5. The van der Waals surface area contributed by atoms with E-state index in [0.29, 0.717) is 46.3 Å². The summed E-state index contributed by atoms with van der Waals surface area (Å²) < 4.78 is 62.9. The van der Waals surface area contributed by atoms with E-state index < -0.39 is 170 Å². The number of hydrogen-bond donors (Lipinski definition) is 6. The van der Waals surface area contributed by atoms with Crippen LogP contribution in [0.15, 0.2) is 144 Å². The number of hydrogen-bond acceptors (Lipinski definition) is 24. The van der Waals surface area contributed by atoms with Crippen molar-refractivity contribution in [1.29, 1.82) is 0 Å². The second-order valence-corrected chi connectivity index (χ2v) is 34.9. The number of nitrogens with one attached hydrogen (secondary N) is 1. The third-order valence-corrected chi connectivity index (χ3v) is 28.0. The van der Waals surface area contributed by atoms with Crippen LogP contribution in [0.5, 0.6) is 0 Å². The number of ketones is 2. The fraction of sp³-hybridized carbons (Fsp3) is 0.591. The third-order valence-electron chi connectivity index (χ3n) is 28.0. The van der Waals surface area contributed by atoms with Crippen molar-refractivity contribution in [3.63, 3.8) is 0 Å². The van der Waals surface area contributed by atoms with Crippen LogP contribution in [0.3, 0.4) is 0 Å². The first-order valence-electron chi connectivity index (χ1n) is 39.2. The molecule has 0 spiro atoms. The quantitative estimate of drug-likeness (QED) is 0.0152. The van der Waals surface area contributed by atoms with Crippen LogP contribution in [0.4, 0.5) is 9.59 Å². The summed E-state index contributed by atoms with van der Waals surface area (Å²) in [6.07, 6.45) is -9.69. The SMILES string of the molecule is COC(=O)OC12COC1CC(C)C1(C)C(=O)C(O)C3=C(C)C(O)CC(O)(C(C)C21)C3(C)C.COC(=O)OC12COC1CC(C)C1(C)C(=O)C(O)C3=C(C)C(OC(=O)C(OC(C)(C)OC)C(NC(=O)c4ccccc4)c4ccccc4)CC(O)(C(C)C21)C3(C)C.COC(C)(C)OC1C(=O)N(C(=O)c2ccccc2)C1c1ccccc1.[Ac].[Ac]. The molecular weight excluding hydrogens is 1920 g/mol. The van der Waals surface area contributed by atoms with Gasteiger partial charge in [0.05, 0.1) is 50.8 Å². The Morgan fingerprint density at radius 2 is 0.983 bits per heavy atom. The number of nitrogens with zero attached hydrogens (tertiary/aromatic N) is 1. The molecule has 626 valence electrons. The van der Waals surface area contributed by atoms with Gasteiger partial charge in [0, 0.05) is 160 Å². The van der Waals surface area contributed by atoms with Gasteiger partial charge >= 0.3 is 18.3 Å². The minimum atomic E-state index is -1.76.